The van der Waals surface area contributed by atoms with Crippen molar-refractivity contribution in [3.05, 3.63) is 28.8 Å². The molecule has 1 aromatic carbocycles. The number of nitrogens with zero attached hydrogens (tertiary/aromatic N) is 2. The molecule has 148 valence electrons. The quantitative estimate of drug-likeness (QED) is 0.794. The molecule has 0 saturated carbocycles. The molecular formula is C22H32N2O3. The normalized spacial score (nSPS) is 28.0. The monoisotopic (exact) mass is 372 g/mol. The summed E-state index contributed by atoms with van der Waals surface area (Å²) in [5.41, 5.74) is 3.50. The molecule has 1 amide bonds. The number of carbonyl (C=O) groups is 1. The highest BCUT2D eigenvalue weighted by Gasteiger charge is 2.60. The van der Waals surface area contributed by atoms with Crippen molar-refractivity contribution in [2.45, 2.75) is 71.2 Å². The van der Waals surface area contributed by atoms with Crippen LogP contribution in [-0.2, 0) is 16.1 Å². The zero-order chi connectivity index (χ0) is 19.2. The summed E-state index contributed by atoms with van der Waals surface area (Å²) >= 11 is 0. The van der Waals surface area contributed by atoms with Crippen LogP contribution in [0.3, 0.4) is 0 Å². The predicted octanol–water partition coefficient (Wildman–Crippen LogP) is 3.44. The third-order valence-corrected chi connectivity index (χ3v) is 6.49. The van der Waals surface area contributed by atoms with E-state index < -0.39 is 0 Å². The van der Waals surface area contributed by atoms with E-state index in [1.54, 1.807) is 0 Å². The zero-order valence-corrected chi connectivity index (χ0v) is 17.1. The summed E-state index contributed by atoms with van der Waals surface area (Å²) in [5, 5.41) is 0. The summed E-state index contributed by atoms with van der Waals surface area (Å²) in [6.07, 6.45) is 2.47. The maximum Gasteiger partial charge on any atom is 0.226 e. The molecule has 1 aromatic rings. The fourth-order valence-corrected chi connectivity index (χ4v) is 5.09. The molecule has 0 unspecified atom stereocenters. The number of aryl methyl sites for hydroxylation is 1. The van der Waals surface area contributed by atoms with Gasteiger partial charge in [0.2, 0.25) is 5.91 Å². The molecule has 3 heterocycles. The Balaban J connectivity index is 1.60. The van der Waals surface area contributed by atoms with Gasteiger partial charge in [-0.1, -0.05) is 19.9 Å². The molecule has 0 bridgehead atoms. The highest BCUT2D eigenvalue weighted by atomic mass is 16.5. The third-order valence-electron chi connectivity index (χ3n) is 6.49. The van der Waals surface area contributed by atoms with Crippen molar-refractivity contribution in [3.8, 4) is 5.75 Å². The number of hydrogen-bond acceptors (Lipinski definition) is 4. The first-order valence-corrected chi connectivity index (χ1v) is 10.4. The van der Waals surface area contributed by atoms with Crippen molar-refractivity contribution in [3.63, 3.8) is 0 Å². The van der Waals surface area contributed by atoms with Crippen molar-refractivity contribution in [2.75, 3.05) is 26.3 Å². The van der Waals surface area contributed by atoms with Crippen LogP contribution < -0.4 is 4.74 Å². The van der Waals surface area contributed by atoms with Gasteiger partial charge in [-0.05, 0) is 48.9 Å². The number of benzene rings is 1. The molecule has 0 aromatic heterocycles. The summed E-state index contributed by atoms with van der Waals surface area (Å²) in [6.45, 7) is 12.8. The fourth-order valence-electron chi connectivity index (χ4n) is 5.09. The molecule has 2 atom stereocenters. The molecule has 27 heavy (non-hydrogen) atoms. The molecule has 5 nitrogen and oxygen atoms in total. The molecule has 0 N–H and O–H groups in total. The van der Waals surface area contributed by atoms with Crippen LogP contribution in [0.15, 0.2) is 12.1 Å². The molecule has 5 heteroatoms. The molecular weight excluding hydrogens is 340 g/mol. The van der Waals surface area contributed by atoms with Crippen LogP contribution in [0.5, 0.6) is 5.75 Å². The van der Waals surface area contributed by atoms with E-state index >= 15 is 0 Å². The molecule has 3 aliphatic rings. The van der Waals surface area contributed by atoms with Crippen LogP contribution in [-0.4, -0.2) is 53.8 Å². The summed E-state index contributed by atoms with van der Waals surface area (Å²) in [6, 6.07) is 4.67. The Kier molecular flexibility index (Phi) is 4.93. The first-order chi connectivity index (χ1) is 13.0. The average molecular weight is 373 g/mol. The topological polar surface area (TPSA) is 42.0 Å². The summed E-state index contributed by atoms with van der Waals surface area (Å²) in [4.78, 5) is 17.0. The van der Waals surface area contributed by atoms with Gasteiger partial charge in [-0.25, -0.2) is 0 Å². The van der Waals surface area contributed by atoms with Crippen LogP contribution in [0.2, 0.25) is 0 Å². The first-order valence-electron chi connectivity index (χ1n) is 10.4. The molecule has 0 radical (unpaired) electrons. The predicted molar refractivity (Wildman–Crippen MR) is 105 cm³/mol. The van der Waals surface area contributed by atoms with Crippen LogP contribution >= 0.6 is 0 Å². The Morgan fingerprint density at radius 2 is 2.15 bits per heavy atom. The minimum atomic E-state index is -0.366. The second kappa shape index (κ2) is 7.10. The molecule has 3 aliphatic heterocycles. The smallest absolute Gasteiger partial charge is 0.226 e. The number of amides is 1. The maximum absolute atomic E-state index is 12.5. The van der Waals surface area contributed by atoms with E-state index in [1.807, 2.05) is 11.8 Å². The van der Waals surface area contributed by atoms with E-state index in [1.165, 1.54) is 16.7 Å². The number of likely N-dealkylation sites (tertiary alicyclic amines) is 1. The lowest BCUT2D eigenvalue weighted by molar-refractivity contribution is -0.180. The lowest BCUT2D eigenvalue weighted by Crippen LogP contribution is -2.56. The fraction of sp³-hybridized carbons (Fsp3) is 0.682. The Bertz CT molecular complexity index is 733. The van der Waals surface area contributed by atoms with E-state index in [0.717, 1.165) is 44.8 Å². The first kappa shape index (κ1) is 18.8. The van der Waals surface area contributed by atoms with E-state index in [4.69, 9.17) is 9.47 Å². The second-order valence-electron chi connectivity index (χ2n) is 8.44. The van der Waals surface area contributed by atoms with Gasteiger partial charge >= 0.3 is 0 Å². The maximum atomic E-state index is 12.5. The average Bonchev–Trinajstić information content (AvgIpc) is 3.10. The van der Waals surface area contributed by atoms with E-state index in [-0.39, 0.29) is 17.7 Å². The second-order valence-corrected chi connectivity index (χ2v) is 8.44. The third kappa shape index (κ3) is 3.05. The zero-order valence-electron chi connectivity index (χ0n) is 17.1. The van der Waals surface area contributed by atoms with E-state index in [0.29, 0.717) is 18.9 Å². The van der Waals surface area contributed by atoms with Crippen LogP contribution in [0.25, 0.3) is 0 Å². The number of hydrogen-bond donors (Lipinski definition) is 0. The molecule has 4 rings (SSSR count). The number of ether oxygens (including phenoxy) is 2. The molecule has 0 aliphatic carbocycles. The van der Waals surface area contributed by atoms with Crippen molar-refractivity contribution < 1.29 is 14.3 Å². The SMILES string of the molecule is CCOc1cc(C)c(CN2CC[C@@]34OCCCN3C(=O)C[C@@H]24)cc1C(C)C. The van der Waals surface area contributed by atoms with Crippen LogP contribution in [0.1, 0.15) is 62.6 Å². The van der Waals surface area contributed by atoms with Gasteiger partial charge in [0.1, 0.15) is 5.75 Å². The van der Waals surface area contributed by atoms with Crippen molar-refractivity contribution >= 4 is 5.91 Å². The number of rotatable bonds is 5. The Morgan fingerprint density at radius 3 is 2.89 bits per heavy atom. The van der Waals surface area contributed by atoms with Gasteiger partial charge in [-0.2, -0.15) is 0 Å². The van der Waals surface area contributed by atoms with Crippen LogP contribution in [0, 0.1) is 6.92 Å². The Morgan fingerprint density at radius 1 is 1.33 bits per heavy atom. The molecule has 1 spiro atoms. The Hall–Kier alpha value is -1.59. The standard InChI is InChI=1S/C22H32N2O3/c1-5-26-19-11-16(4)17(12-18(19)15(2)3)14-23-9-7-22-20(23)13-21(25)24(22)8-6-10-27-22/h11-12,15,20H,5-10,13-14H2,1-4H3/t20-,22+/m1/s1. The number of carbonyl (C=O) groups excluding carboxylic acids is 1. The lowest BCUT2D eigenvalue weighted by atomic mass is 9.96. The summed E-state index contributed by atoms with van der Waals surface area (Å²) in [7, 11) is 0. The molecule has 3 fully saturated rings. The molecule has 3 saturated heterocycles. The van der Waals surface area contributed by atoms with Gasteiger partial charge < -0.3 is 14.4 Å². The minimum absolute atomic E-state index is 0.179. The van der Waals surface area contributed by atoms with Gasteiger partial charge in [0.15, 0.2) is 5.72 Å². The lowest BCUT2D eigenvalue weighted by Gasteiger charge is -2.42. The van der Waals surface area contributed by atoms with Crippen molar-refractivity contribution in [1.82, 2.24) is 9.80 Å². The van der Waals surface area contributed by atoms with E-state index in [2.05, 4.69) is 37.8 Å². The van der Waals surface area contributed by atoms with Crippen molar-refractivity contribution in [2.24, 2.45) is 0 Å². The van der Waals surface area contributed by atoms with Gasteiger partial charge in [-0.15, -0.1) is 0 Å². The van der Waals surface area contributed by atoms with E-state index in [9.17, 15) is 4.79 Å². The summed E-state index contributed by atoms with van der Waals surface area (Å²) < 4.78 is 12.1. The Labute approximate surface area is 162 Å². The summed E-state index contributed by atoms with van der Waals surface area (Å²) in [5.74, 6) is 1.68. The van der Waals surface area contributed by atoms with Gasteiger partial charge in [0.05, 0.1) is 19.3 Å². The van der Waals surface area contributed by atoms with Gasteiger partial charge in [-0.3, -0.25) is 9.69 Å². The van der Waals surface area contributed by atoms with Crippen molar-refractivity contribution in [1.29, 1.82) is 0 Å². The van der Waals surface area contributed by atoms with Gasteiger partial charge in [0.25, 0.3) is 0 Å². The largest absolute Gasteiger partial charge is 0.494 e. The van der Waals surface area contributed by atoms with Crippen LogP contribution in [0.4, 0.5) is 0 Å². The highest BCUT2D eigenvalue weighted by molar-refractivity contribution is 5.81. The minimum Gasteiger partial charge on any atom is -0.494 e. The van der Waals surface area contributed by atoms with Gasteiger partial charge in [0, 0.05) is 32.5 Å². The highest BCUT2D eigenvalue weighted by Crippen LogP contribution is 2.45.